The number of nitrogens with one attached hydrogen (secondary N) is 1. The lowest BCUT2D eigenvalue weighted by atomic mass is 10.0. The molecule has 45 heavy (non-hydrogen) atoms. The number of carbonyl (C=O) groups excluding carboxylic acids is 2. The molecule has 0 aromatic heterocycles. The minimum atomic E-state index is -4.42. The fraction of sp³-hybridized carbons (Fsp3) is 0.212. The number of anilines is 1. The molecule has 4 aromatic carbocycles. The zero-order valence-corrected chi connectivity index (χ0v) is 27.3. The Morgan fingerprint density at radius 3 is 2.11 bits per heavy atom. The van der Waals surface area contributed by atoms with Crippen LogP contribution in [-0.4, -0.2) is 59.0 Å². The summed E-state index contributed by atoms with van der Waals surface area (Å²) in [5, 5.41) is 2.65. The highest BCUT2D eigenvalue weighted by molar-refractivity contribution is 9.10. The number of nitrogens with zero attached hydrogens (tertiary/aromatic N) is 2. The first-order chi connectivity index (χ1) is 21.6. The summed E-state index contributed by atoms with van der Waals surface area (Å²) < 4.78 is 54.6. The maximum Gasteiger partial charge on any atom is 0.264 e. The van der Waals surface area contributed by atoms with Crippen LogP contribution in [0, 0.1) is 5.82 Å². The van der Waals surface area contributed by atoms with Crippen molar-refractivity contribution in [2.45, 2.75) is 23.9 Å². The lowest BCUT2D eigenvalue weighted by Crippen LogP contribution is -2.53. The van der Waals surface area contributed by atoms with Gasteiger partial charge in [0.05, 0.1) is 24.8 Å². The molecule has 4 aromatic rings. The second-order valence-electron chi connectivity index (χ2n) is 9.97. The summed E-state index contributed by atoms with van der Waals surface area (Å²) in [7, 11) is -0.139. The van der Waals surface area contributed by atoms with Gasteiger partial charge in [0.25, 0.3) is 10.0 Å². The maximum atomic E-state index is 14.3. The smallest absolute Gasteiger partial charge is 0.264 e. The fourth-order valence-electron chi connectivity index (χ4n) is 4.75. The molecule has 0 saturated heterocycles. The molecule has 0 aliphatic rings. The summed E-state index contributed by atoms with van der Waals surface area (Å²) >= 11 is 3.41. The van der Waals surface area contributed by atoms with E-state index in [0.29, 0.717) is 5.75 Å². The van der Waals surface area contributed by atoms with E-state index in [1.807, 2.05) is 54.6 Å². The van der Waals surface area contributed by atoms with E-state index in [0.717, 1.165) is 32.0 Å². The highest BCUT2D eigenvalue weighted by Crippen LogP contribution is 2.32. The molecular weight excluding hydrogens is 665 g/mol. The summed E-state index contributed by atoms with van der Waals surface area (Å²) in [6.07, 6.45) is 0.182. The lowest BCUT2D eigenvalue weighted by molar-refractivity contribution is -0.139. The van der Waals surface area contributed by atoms with Gasteiger partial charge in [-0.3, -0.25) is 13.9 Å². The van der Waals surface area contributed by atoms with Crippen LogP contribution in [0.4, 0.5) is 10.1 Å². The number of carbonyl (C=O) groups is 2. The number of amides is 2. The number of ether oxygens (including phenoxy) is 2. The van der Waals surface area contributed by atoms with Crippen LogP contribution in [0.5, 0.6) is 11.5 Å². The third kappa shape index (κ3) is 8.20. The second-order valence-corrected chi connectivity index (χ2v) is 12.8. The zero-order valence-electron chi connectivity index (χ0n) is 24.9. The monoisotopic (exact) mass is 697 g/mol. The quantitative estimate of drug-likeness (QED) is 0.206. The van der Waals surface area contributed by atoms with Crippen molar-refractivity contribution < 1.29 is 31.9 Å². The Bertz CT molecular complexity index is 1720. The van der Waals surface area contributed by atoms with E-state index >= 15 is 0 Å². The molecule has 0 fully saturated rings. The predicted molar refractivity (Wildman–Crippen MR) is 173 cm³/mol. The molecule has 0 unspecified atom stereocenters. The van der Waals surface area contributed by atoms with Crippen LogP contribution in [0.1, 0.15) is 11.1 Å². The second kappa shape index (κ2) is 15.0. The Labute approximate surface area is 270 Å². The van der Waals surface area contributed by atoms with Gasteiger partial charge in [-0.05, 0) is 59.7 Å². The lowest BCUT2D eigenvalue weighted by Gasteiger charge is -2.33. The van der Waals surface area contributed by atoms with Crippen molar-refractivity contribution >= 4 is 43.5 Å². The van der Waals surface area contributed by atoms with E-state index in [-0.39, 0.29) is 29.3 Å². The van der Waals surface area contributed by atoms with Crippen molar-refractivity contribution in [1.82, 2.24) is 10.2 Å². The van der Waals surface area contributed by atoms with Gasteiger partial charge in [0.15, 0.2) is 11.5 Å². The molecule has 0 saturated carbocycles. The van der Waals surface area contributed by atoms with Crippen LogP contribution in [-0.2, 0) is 32.6 Å². The average molecular weight is 699 g/mol. The molecule has 4 rings (SSSR count). The molecule has 9 nitrogen and oxygen atoms in total. The summed E-state index contributed by atoms with van der Waals surface area (Å²) in [6.45, 7) is -0.661. The molecule has 0 aliphatic heterocycles. The van der Waals surface area contributed by atoms with Crippen molar-refractivity contribution in [1.29, 1.82) is 0 Å². The van der Waals surface area contributed by atoms with Gasteiger partial charge in [0, 0.05) is 30.6 Å². The van der Waals surface area contributed by atoms with Gasteiger partial charge in [-0.15, -0.1) is 0 Å². The van der Waals surface area contributed by atoms with Crippen LogP contribution in [0.2, 0.25) is 0 Å². The van der Waals surface area contributed by atoms with Crippen LogP contribution in [0.25, 0.3) is 0 Å². The number of methoxy groups -OCH3 is 2. The van der Waals surface area contributed by atoms with Gasteiger partial charge in [0.1, 0.15) is 18.4 Å². The van der Waals surface area contributed by atoms with E-state index in [9.17, 15) is 22.4 Å². The van der Waals surface area contributed by atoms with E-state index in [1.54, 1.807) is 0 Å². The van der Waals surface area contributed by atoms with Crippen molar-refractivity contribution in [3.8, 4) is 11.5 Å². The number of rotatable bonds is 13. The molecule has 0 heterocycles. The molecule has 1 atom stereocenters. The Kier molecular flexibility index (Phi) is 11.2. The van der Waals surface area contributed by atoms with Crippen LogP contribution in [0.3, 0.4) is 0 Å². The summed E-state index contributed by atoms with van der Waals surface area (Å²) in [5.74, 6) is -1.15. The first-order valence-electron chi connectivity index (χ1n) is 13.9. The van der Waals surface area contributed by atoms with Crippen molar-refractivity contribution in [2.75, 3.05) is 32.1 Å². The molecule has 0 bridgehead atoms. The third-order valence-electron chi connectivity index (χ3n) is 7.12. The van der Waals surface area contributed by atoms with E-state index in [2.05, 4.69) is 21.2 Å². The number of hydrogen-bond acceptors (Lipinski definition) is 6. The predicted octanol–water partition coefficient (Wildman–Crippen LogP) is 5.19. The van der Waals surface area contributed by atoms with Crippen LogP contribution < -0.4 is 19.1 Å². The summed E-state index contributed by atoms with van der Waals surface area (Å²) in [5.41, 5.74) is 1.60. The third-order valence-corrected chi connectivity index (χ3v) is 9.42. The molecule has 0 spiro atoms. The van der Waals surface area contributed by atoms with Crippen molar-refractivity contribution in [3.63, 3.8) is 0 Å². The SMILES string of the molecule is CNC(=O)[C@H](Cc1ccccc1)N(Cc1ccc(Br)cc1)C(=O)CN(c1ccc(F)cc1)S(=O)(=O)c1ccc(OC)c(OC)c1. The average Bonchev–Trinajstić information content (AvgIpc) is 3.06. The van der Waals surface area contributed by atoms with Gasteiger partial charge < -0.3 is 19.7 Å². The van der Waals surface area contributed by atoms with Gasteiger partial charge in [-0.25, -0.2) is 12.8 Å². The standard InChI is InChI=1S/C33H33BrFN3O6S/c1-36-33(40)29(19-23-7-5-4-6-8-23)37(21-24-9-11-25(34)12-10-24)32(39)22-38(27-15-13-26(35)14-16-27)45(41,42)28-17-18-30(43-2)31(20-28)44-3/h4-18,20,29H,19,21-22H2,1-3H3,(H,36,40)/t29-/m0/s1. The molecule has 12 heteroatoms. The number of benzene rings is 4. The highest BCUT2D eigenvalue weighted by Gasteiger charge is 2.34. The maximum absolute atomic E-state index is 14.3. The molecule has 0 aliphatic carbocycles. The first-order valence-corrected chi connectivity index (χ1v) is 16.1. The molecule has 0 radical (unpaired) electrons. The van der Waals surface area contributed by atoms with Gasteiger partial charge >= 0.3 is 0 Å². The van der Waals surface area contributed by atoms with E-state index in [4.69, 9.17) is 9.47 Å². The number of likely N-dealkylation sites (N-methyl/N-ethyl adjacent to an activating group) is 1. The Morgan fingerprint density at radius 2 is 1.51 bits per heavy atom. The summed E-state index contributed by atoms with van der Waals surface area (Å²) in [6, 6.07) is 24.3. The topological polar surface area (TPSA) is 105 Å². The van der Waals surface area contributed by atoms with Gasteiger partial charge in [0.2, 0.25) is 11.8 Å². The fourth-order valence-corrected chi connectivity index (χ4v) is 6.44. The largest absolute Gasteiger partial charge is 0.493 e. The van der Waals surface area contributed by atoms with E-state index < -0.39 is 40.2 Å². The molecule has 236 valence electrons. The number of hydrogen-bond donors (Lipinski definition) is 1. The minimum Gasteiger partial charge on any atom is -0.493 e. The molecule has 1 N–H and O–H groups in total. The Hall–Kier alpha value is -4.42. The van der Waals surface area contributed by atoms with Crippen molar-refractivity contribution in [2.24, 2.45) is 0 Å². The molecular formula is C33H33BrFN3O6S. The minimum absolute atomic E-state index is 0.0185. The van der Waals surface area contributed by atoms with Gasteiger partial charge in [-0.2, -0.15) is 0 Å². The number of halogens is 2. The van der Waals surface area contributed by atoms with Crippen LogP contribution in [0.15, 0.2) is 106 Å². The Balaban J connectivity index is 1.80. The Morgan fingerprint density at radius 1 is 0.867 bits per heavy atom. The highest BCUT2D eigenvalue weighted by atomic mass is 79.9. The van der Waals surface area contributed by atoms with Crippen molar-refractivity contribution in [3.05, 3.63) is 118 Å². The summed E-state index contributed by atoms with van der Waals surface area (Å²) in [4.78, 5) is 28.9. The number of sulfonamides is 1. The molecule has 2 amide bonds. The van der Waals surface area contributed by atoms with Gasteiger partial charge in [-0.1, -0.05) is 58.4 Å². The first kappa shape index (κ1) is 33.5. The van der Waals surface area contributed by atoms with E-state index in [1.165, 1.54) is 56.5 Å². The zero-order chi connectivity index (χ0) is 32.6. The van der Waals surface area contributed by atoms with Crippen LogP contribution >= 0.6 is 15.9 Å². The normalized spacial score (nSPS) is 11.8.